The molecule has 0 aromatic carbocycles. The first-order valence-corrected chi connectivity index (χ1v) is 12.3. The Morgan fingerprint density at radius 1 is 0.704 bits per heavy atom. The molecule has 0 saturated heterocycles. The van der Waals surface area contributed by atoms with Gasteiger partial charge in [0.25, 0.3) is 0 Å². The van der Waals surface area contributed by atoms with Crippen LogP contribution in [0, 0.1) is 0 Å². The molecule has 0 N–H and O–H groups in total. The van der Waals surface area contributed by atoms with Gasteiger partial charge in [0.1, 0.15) is 24.8 Å². The molecule has 11 heteroatoms. The van der Waals surface area contributed by atoms with Crippen LogP contribution in [0.1, 0.15) is 39.5 Å². The third-order valence-corrected chi connectivity index (χ3v) is 3.19. The van der Waals surface area contributed by atoms with Gasteiger partial charge in [0.15, 0.2) is 0 Å². The fraction of sp³-hybridized carbons (Fsp3) is 0.625. The zero-order valence-electron chi connectivity index (χ0n) is 16.3. The summed E-state index contributed by atoms with van der Waals surface area (Å²) in [6, 6.07) is 0. The molecule has 2 aromatic rings. The van der Waals surface area contributed by atoms with Crippen molar-refractivity contribution < 1.29 is 44.9 Å². The van der Waals surface area contributed by atoms with Crippen molar-refractivity contribution in [1.29, 1.82) is 0 Å². The van der Waals surface area contributed by atoms with E-state index >= 15 is 0 Å². The van der Waals surface area contributed by atoms with Crippen molar-refractivity contribution in [3.63, 3.8) is 0 Å². The van der Waals surface area contributed by atoms with Crippen LogP contribution >= 0.6 is 0 Å². The summed E-state index contributed by atoms with van der Waals surface area (Å²) in [5, 5.41) is 0. The van der Waals surface area contributed by atoms with E-state index in [0.717, 1.165) is 13.1 Å². The van der Waals surface area contributed by atoms with Crippen LogP contribution in [0.4, 0.5) is 18.6 Å². The summed E-state index contributed by atoms with van der Waals surface area (Å²) >= 11 is -11.2. The Morgan fingerprint density at radius 2 is 1.00 bits per heavy atom. The summed E-state index contributed by atoms with van der Waals surface area (Å²) in [7, 11) is 4.09. The summed E-state index contributed by atoms with van der Waals surface area (Å²) in [6.07, 6.45) is 17.6. The van der Waals surface area contributed by atoms with Gasteiger partial charge in [0, 0.05) is 0 Å². The fourth-order valence-electron chi connectivity index (χ4n) is 1.95. The van der Waals surface area contributed by atoms with E-state index in [1.807, 2.05) is 14.1 Å². The normalized spacial score (nSPS) is 13.6. The molecule has 0 aliphatic rings. The van der Waals surface area contributed by atoms with E-state index in [0.29, 0.717) is 0 Å². The summed E-state index contributed by atoms with van der Waals surface area (Å²) in [5.41, 5.74) is 0. The molecule has 0 unspecified atom stereocenters. The quantitative estimate of drug-likeness (QED) is 0.351. The molecule has 0 aliphatic heterocycles. The molecule has 2 heterocycles. The summed E-state index contributed by atoms with van der Waals surface area (Å²) in [6.45, 7) is 6.72. The van der Waals surface area contributed by atoms with Crippen molar-refractivity contribution >= 4 is 0 Å². The Hall–Kier alpha value is -1.29. The van der Waals surface area contributed by atoms with Gasteiger partial charge in [-0.3, -0.25) is 0 Å². The average molecular weight is 440 g/mol. The molecule has 2 aromatic heterocycles. The Labute approximate surface area is 158 Å². The zero-order chi connectivity index (χ0) is 21.2. The van der Waals surface area contributed by atoms with Crippen molar-refractivity contribution in [1.82, 2.24) is 9.13 Å². The minimum absolute atomic E-state index is 1.15. The Kier molecular flexibility index (Phi) is 9.31. The Bertz CT molecular complexity index is 608. The van der Waals surface area contributed by atoms with Gasteiger partial charge in [0.05, 0.1) is 27.2 Å². The zero-order valence-corrected chi connectivity index (χ0v) is 17.8. The Balaban J connectivity index is 0.000000384. The molecule has 160 valence electrons. The van der Waals surface area contributed by atoms with Gasteiger partial charge in [-0.2, -0.15) is 0 Å². The summed E-state index contributed by atoms with van der Waals surface area (Å²) in [5.74, 6) is 0. The van der Waals surface area contributed by atoms with Gasteiger partial charge in [-0.1, -0.05) is 26.7 Å². The first-order valence-electron chi connectivity index (χ1n) is 8.81. The van der Waals surface area contributed by atoms with Crippen LogP contribution in [0.3, 0.4) is 0 Å². The molecule has 0 amide bonds. The van der Waals surface area contributed by atoms with E-state index in [1.165, 1.54) is 25.7 Å². The Morgan fingerprint density at radius 3 is 1.19 bits per heavy atom. The van der Waals surface area contributed by atoms with Crippen molar-refractivity contribution in [2.45, 2.75) is 52.6 Å². The van der Waals surface area contributed by atoms with Crippen LogP contribution in [0.15, 0.2) is 37.4 Å². The van der Waals surface area contributed by atoms with Crippen molar-refractivity contribution in [2.75, 3.05) is 0 Å². The monoisotopic (exact) mass is 440 g/mol. The number of rotatable bonds is 6. The predicted octanol–water partition coefficient (Wildman–Crippen LogP) is 4.74. The number of aryl methyl sites for hydroxylation is 4. The van der Waals surface area contributed by atoms with Crippen LogP contribution in [-0.4, -0.2) is 9.13 Å². The second kappa shape index (κ2) is 9.77. The molecule has 0 bridgehead atoms. The molecule has 0 atom stereocenters. The third kappa shape index (κ3) is 20.9. The number of imidazole rings is 2. The van der Waals surface area contributed by atoms with Crippen LogP contribution in [-0.2, 0) is 44.4 Å². The number of nitrogens with zero attached hydrogens (tertiary/aromatic N) is 4. The van der Waals surface area contributed by atoms with Gasteiger partial charge in [-0.15, -0.1) is 0 Å². The average Bonchev–Trinajstić information content (AvgIpc) is 3.09. The van der Waals surface area contributed by atoms with Gasteiger partial charge in [0.2, 0.25) is 12.7 Å². The van der Waals surface area contributed by atoms with Gasteiger partial charge >= 0.3 is 35.8 Å². The maximum atomic E-state index is 9.92. The van der Waals surface area contributed by atoms with Crippen molar-refractivity contribution in [3.8, 4) is 0 Å². The van der Waals surface area contributed by atoms with E-state index in [-0.39, 0.29) is 0 Å². The molecule has 4 nitrogen and oxygen atoms in total. The molecule has 0 radical (unpaired) electrons. The number of aromatic nitrogens is 4. The number of hydrogen-bond acceptors (Lipinski definition) is 0. The predicted molar refractivity (Wildman–Crippen MR) is 87.7 cm³/mol. The molecular formula is C16H30F6N4Ti. The van der Waals surface area contributed by atoms with Crippen molar-refractivity contribution in [2.24, 2.45) is 14.1 Å². The second-order valence-electron chi connectivity index (χ2n) is 6.41. The van der Waals surface area contributed by atoms with E-state index < -0.39 is 17.2 Å². The molecule has 2 rings (SSSR count). The molecule has 0 saturated carbocycles. The first-order chi connectivity index (χ1) is 12.1. The topological polar surface area (TPSA) is 17.6 Å². The van der Waals surface area contributed by atoms with Crippen molar-refractivity contribution in [3.05, 3.63) is 37.4 Å². The van der Waals surface area contributed by atoms with Crippen LogP contribution in [0.5, 0.6) is 0 Å². The first kappa shape index (κ1) is 25.7. The van der Waals surface area contributed by atoms with E-state index in [2.05, 4.69) is 69.6 Å². The van der Waals surface area contributed by atoms with E-state index in [4.69, 9.17) is 0 Å². The maximum absolute atomic E-state index is 11.2. The van der Waals surface area contributed by atoms with Gasteiger partial charge in [-0.05, 0) is 12.8 Å². The summed E-state index contributed by atoms with van der Waals surface area (Å²) in [4.78, 5) is 0. The fourth-order valence-corrected chi connectivity index (χ4v) is 1.95. The van der Waals surface area contributed by atoms with E-state index in [9.17, 15) is 18.6 Å². The summed E-state index contributed by atoms with van der Waals surface area (Å²) < 4.78 is 68.1. The molecule has 0 fully saturated rings. The van der Waals surface area contributed by atoms with Crippen LogP contribution < -0.4 is 9.13 Å². The molecule has 0 aliphatic carbocycles. The molecule has 0 spiro atoms. The number of hydrogen-bond donors (Lipinski definition) is 0. The SMILES string of the molecule is CCCCn1cc[n+](C)c1.CCCCn1cc[n+](C)c1.[F][Ti-2]([F])([F])([F])([F])[F]. The molecule has 27 heavy (non-hydrogen) atoms. The molecular weight excluding hydrogens is 410 g/mol. The second-order valence-corrected chi connectivity index (χ2v) is 9.76. The third-order valence-electron chi connectivity index (χ3n) is 3.19. The standard InChI is InChI=1S/2C8H15N2.6FH.Ti/c2*1-3-4-5-10-7-6-9(2)8-10;;;;;;;/h2*6-8H,3-5H2,1-2H3;6*1H;/q2*+1;;;;;;;+4/p-6. The van der Waals surface area contributed by atoms with E-state index in [1.54, 1.807) is 0 Å². The van der Waals surface area contributed by atoms with Crippen LogP contribution in [0.2, 0.25) is 0 Å². The van der Waals surface area contributed by atoms with Gasteiger partial charge < -0.3 is 0 Å². The number of halogens is 6. The minimum atomic E-state index is -11.2. The van der Waals surface area contributed by atoms with Gasteiger partial charge in [-0.25, -0.2) is 18.3 Å². The number of unbranched alkanes of at least 4 members (excludes halogenated alkanes) is 2. The van der Waals surface area contributed by atoms with Crippen LogP contribution in [0.25, 0.3) is 0 Å².